The number of nitrogens with zero attached hydrogens (tertiary/aromatic N) is 9. The van der Waals surface area contributed by atoms with Crippen LogP contribution in [-0.2, 0) is 73.2 Å². The van der Waals surface area contributed by atoms with E-state index in [0.29, 0.717) is 11.8 Å². The van der Waals surface area contributed by atoms with Gasteiger partial charge in [-0.2, -0.15) is 0 Å². The van der Waals surface area contributed by atoms with Crippen molar-refractivity contribution < 1.29 is 60.3 Å². The number of pyridine rings is 6. The van der Waals surface area contributed by atoms with Crippen molar-refractivity contribution in [1.29, 1.82) is 0 Å². The summed E-state index contributed by atoms with van der Waals surface area (Å²) in [5, 5.41) is 15.1. The van der Waals surface area contributed by atoms with Crippen molar-refractivity contribution in [3.63, 3.8) is 0 Å². The van der Waals surface area contributed by atoms with E-state index >= 15 is 0 Å². The van der Waals surface area contributed by atoms with Crippen LogP contribution in [-0.4, -0.2) is 56.4 Å². The van der Waals surface area contributed by atoms with Gasteiger partial charge in [-0.3, -0.25) is 9.97 Å². The fourth-order valence-electron chi connectivity index (χ4n) is 19.1. The molecule has 0 atom stereocenters. The van der Waals surface area contributed by atoms with Crippen LogP contribution >= 0.6 is 0 Å². The number of hydrogen-bond donors (Lipinski definition) is 0. The average Bonchev–Trinajstić information content (AvgIpc) is 1.59. The van der Waals surface area contributed by atoms with Crippen molar-refractivity contribution in [1.82, 2.24) is 43.1 Å². The number of aryl methyl sites for hydroxylation is 3. The van der Waals surface area contributed by atoms with Gasteiger partial charge in [0.15, 0.2) is 0 Å². The van der Waals surface area contributed by atoms with Gasteiger partial charge in [-0.05, 0) is 94.9 Å². The van der Waals surface area contributed by atoms with E-state index in [2.05, 4.69) is 330 Å². The quantitative estimate of drug-likeness (QED) is 0.0894. The summed E-state index contributed by atoms with van der Waals surface area (Å²) >= 11 is -2.07. The van der Waals surface area contributed by atoms with Gasteiger partial charge in [0, 0.05) is 146 Å². The molecule has 9 nitrogen and oxygen atoms in total. The molecule has 13 aromatic carbocycles. The van der Waals surface area contributed by atoms with Gasteiger partial charge in [0.25, 0.3) is 0 Å². The minimum Gasteiger partial charge on any atom is -0.348 e. The summed E-state index contributed by atoms with van der Waals surface area (Å²) in [6.45, 7) is 15.7. The van der Waals surface area contributed by atoms with Crippen molar-refractivity contribution in [2.75, 3.05) is 0 Å². The summed E-state index contributed by atoms with van der Waals surface area (Å²) in [5.74, 6) is 8.62. The molecule has 12 heterocycles. The zero-order valence-corrected chi connectivity index (χ0v) is 86.1. The number of benzene rings is 13. The molecule has 0 aliphatic rings. The van der Waals surface area contributed by atoms with E-state index in [1.807, 2.05) is 158 Å². The standard InChI is InChI=1S/C36H33GeN2.C29H25N2.C24H15N2.3C11H8N.3Ir/c1-23(2)18-25-21-33(38-22-32(25)37(3,4)5)26-19-30(24-12-7-6-8-13-24)36-31(20-26)29-16-11-15-28-27-14-9-10-17-34(27)39(36)35(28)29;1-17(2)12-20-15-26(30-16-19(20)4)21-13-18(3)28-25(14-21)24-10-7-9-23-22-8-5-6-11-27(22)31(28)29(23)24;1-15-13-16(21-10-4-5-12-25-21)14-20-19-9-6-8-18-17-7-2-3-11-22(17)26(23(15)20)24(18)19;3*1-2-6-10(7-3-1)11-8-4-5-9-12-11;;;/h6-17,19,21-23H,18H2,1-5H3;5-11,13,15-17H,12H2,1-4H3;2-13H,1H3;3*1-6,8-9H;;;/q6*-1;;;. The van der Waals surface area contributed by atoms with Gasteiger partial charge in [0.1, 0.15) is 0 Å². The van der Waals surface area contributed by atoms with Crippen LogP contribution in [0.4, 0.5) is 0 Å². The first-order chi connectivity index (χ1) is 64.6. The van der Waals surface area contributed by atoms with Crippen LogP contribution < -0.4 is 4.40 Å². The first kappa shape index (κ1) is 93.5. The first-order valence-electron chi connectivity index (χ1n) is 45.5. The maximum Gasteiger partial charge on any atom is 0.0463 e. The Kier molecular flexibility index (Phi) is 28.3. The Balaban J connectivity index is 0.000000119. The fourth-order valence-corrected chi connectivity index (χ4v) is 22.4. The van der Waals surface area contributed by atoms with Crippen LogP contribution in [0.25, 0.3) is 193 Å². The van der Waals surface area contributed by atoms with Gasteiger partial charge in [0.05, 0.1) is 0 Å². The van der Waals surface area contributed by atoms with E-state index in [0.717, 1.165) is 80.4 Å². The van der Waals surface area contributed by atoms with Gasteiger partial charge in [0.2, 0.25) is 0 Å². The largest absolute Gasteiger partial charge is 0.348 e. The zero-order valence-electron chi connectivity index (χ0n) is 76.8. The molecule has 13 heteroatoms. The Morgan fingerprint density at radius 3 is 0.985 bits per heavy atom. The summed E-state index contributed by atoms with van der Waals surface area (Å²) in [5.41, 5.74) is 32.7. The SMILES string of the molecule is CC(C)Cc1cc(-c2[c-]c3c4cccc5c6ccccc6n(c3c(-c3ccccc3)c2)c45)nc[c]1[Ge]([CH3])([CH3])[CH3].Cc1cc(-c2ccccn2)[c-]c2c3cccc4c5ccccc5n(c12)c34.Cc1cnc(-c2[c-]c3c4cccc5c6ccccc6n(c3c(C)c2)c45)cc1CC(C)C.[Ir].[Ir].[Ir].[c-]1ccccc1-c1ccccn1.[c-]1ccccc1-c1ccccn1.[c-]1ccccc1-c1ccccn1. The van der Waals surface area contributed by atoms with E-state index in [-0.39, 0.29) is 60.3 Å². The molecule has 0 bridgehead atoms. The molecular formula is C122H97GeIr3N9-6. The number of rotatable bonds is 12. The number of hydrogen-bond acceptors (Lipinski definition) is 6. The monoisotopic (exact) mass is 2340 g/mol. The first-order valence-corrected chi connectivity index (χ1v) is 52.8. The van der Waals surface area contributed by atoms with Crippen LogP contribution in [0.1, 0.15) is 55.5 Å². The van der Waals surface area contributed by atoms with E-state index in [4.69, 9.17) is 9.97 Å². The van der Waals surface area contributed by atoms with Crippen molar-refractivity contribution in [3.05, 3.63) is 435 Å². The summed E-state index contributed by atoms with van der Waals surface area (Å²) in [6.07, 6.45) is 13.6. The molecule has 0 aliphatic heterocycles. The van der Waals surface area contributed by atoms with Gasteiger partial charge in [-0.1, -0.05) is 205 Å². The van der Waals surface area contributed by atoms with Gasteiger partial charge >= 0.3 is 228 Å². The van der Waals surface area contributed by atoms with E-state index < -0.39 is 13.3 Å². The fraction of sp³-hybridized carbons (Fsp3) is 0.115. The smallest absolute Gasteiger partial charge is 0.0463 e. The van der Waals surface area contributed by atoms with Crippen molar-refractivity contribution in [2.45, 2.75) is 78.6 Å². The molecule has 25 aromatic rings. The van der Waals surface area contributed by atoms with Crippen LogP contribution in [0.5, 0.6) is 0 Å². The van der Waals surface area contributed by atoms with Crippen LogP contribution in [0.3, 0.4) is 0 Å². The molecule has 0 saturated carbocycles. The van der Waals surface area contributed by atoms with E-state index in [1.54, 1.807) is 18.6 Å². The van der Waals surface area contributed by atoms with E-state index in [1.165, 1.54) is 158 Å². The topological polar surface area (TPSA) is 90.6 Å². The molecule has 0 amide bonds. The Morgan fingerprint density at radius 1 is 0.274 bits per heavy atom. The molecular weight excluding hydrogens is 2240 g/mol. The maximum atomic E-state index is 5.09. The third-order valence-electron chi connectivity index (χ3n) is 24.9. The second-order valence-electron chi connectivity index (χ2n) is 35.9. The minimum atomic E-state index is -2.07. The predicted octanol–water partition coefficient (Wildman–Crippen LogP) is 30.3. The Labute approximate surface area is 832 Å². The molecule has 0 fully saturated rings. The summed E-state index contributed by atoms with van der Waals surface area (Å²) in [7, 11) is 0. The second kappa shape index (κ2) is 40.8. The summed E-state index contributed by atoms with van der Waals surface area (Å²) in [6, 6.07) is 136. The Bertz CT molecular complexity index is 8090. The van der Waals surface area contributed by atoms with Gasteiger partial charge < -0.3 is 23.8 Å². The number of aromatic nitrogens is 9. The molecule has 667 valence electrons. The second-order valence-corrected chi connectivity index (χ2v) is 46.5. The van der Waals surface area contributed by atoms with Crippen molar-refractivity contribution in [3.8, 4) is 78.7 Å². The Hall–Kier alpha value is -13.3. The van der Waals surface area contributed by atoms with Crippen LogP contribution in [0, 0.1) is 69.0 Å². The average molecular weight is 2340 g/mol. The van der Waals surface area contributed by atoms with Crippen LogP contribution in [0.2, 0.25) is 17.3 Å². The molecule has 0 saturated heterocycles. The van der Waals surface area contributed by atoms with Crippen molar-refractivity contribution >= 4 is 132 Å². The van der Waals surface area contributed by atoms with Gasteiger partial charge in [-0.15, -0.1) is 132 Å². The molecule has 3 radical (unpaired) electrons. The summed E-state index contributed by atoms with van der Waals surface area (Å²) in [4.78, 5) is 27.0. The van der Waals surface area contributed by atoms with Crippen LogP contribution in [0.15, 0.2) is 371 Å². The Morgan fingerprint density at radius 2 is 0.600 bits per heavy atom. The zero-order chi connectivity index (χ0) is 90.1. The third kappa shape index (κ3) is 18.7. The van der Waals surface area contributed by atoms with Crippen molar-refractivity contribution in [2.24, 2.45) is 11.8 Å². The molecule has 25 rings (SSSR count). The molecule has 0 N–H and O–H groups in total. The molecule has 0 spiro atoms. The predicted molar refractivity (Wildman–Crippen MR) is 555 cm³/mol. The minimum absolute atomic E-state index is 0. The van der Waals surface area contributed by atoms with E-state index in [9.17, 15) is 0 Å². The molecule has 0 aliphatic carbocycles. The number of fused-ring (bicyclic) bond motifs is 18. The maximum absolute atomic E-state index is 5.09. The normalized spacial score (nSPS) is 11.3. The molecule has 0 unspecified atom stereocenters. The third-order valence-corrected chi connectivity index (χ3v) is 29.2. The number of para-hydroxylation sites is 6. The summed E-state index contributed by atoms with van der Waals surface area (Å²) < 4.78 is 8.82. The molecule has 135 heavy (non-hydrogen) atoms. The van der Waals surface area contributed by atoms with Gasteiger partial charge in [-0.25, -0.2) is 0 Å². The molecule has 12 aromatic heterocycles.